The van der Waals surface area contributed by atoms with Crippen LogP contribution in [-0.2, 0) is 11.2 Å². The number of aryl methyl sites for hydroxylation is 1. The molecule has 1 aromatic carbocycles. The second-order valence-electron chi connectivity index (χ2n) is 4.16. The Morgan fingerprint density at radius 2 is 2.18 bits per heavy atom. The van der Waals surface area contributed by atoms with Gasteiger partial charge >= 0.3 is 0 Å². The van der Waals surface area contributed by atoms with Crippen LogP contribution < -0.4 is 4.74 Å². The number of carbonyl (C=O) groups excluding carboxylic acids is 1. The summed E-state index contributed by atoms with van der Waals surface area (Å²) in [5, 5.41) is 0.715. The Balaban J connectivity index is 2.65. The predicted molar refractivity (Wildman–Crippen MR) is 70.9 cm³/mol. The Morgan fingerprint density at radius 3 is 2.82 bits per heavy atom. The first-order valence-corrected chi connectivity index (χ1v) is 6.42. The molecule has 2 nitrogen and oxygen atoms in total. The number of hydrogen-bond donors (Lipinski definition) is 0. The first-order chi connectivity index (χ1) is 8.13. The maximum atomic E-state index is 10.9. The lowest BCUT2D eigenvalue weighted by atomic mass is 10.1. The first kappa shape index (κ1) is 14.0. The number of rotatable bonds is 7. The van der Waals surface area contributed by atoms with Crippen LogP contribution in [0.4, 0.5) is 0 Å². The van der Waals surface area contributed by atoms with Crippen LogP contribution in [0.2, 0.25) is 5.02 Å². The fourth-order valence-electron chi connectivity index (χ4n) is 1.62. The molecule has 0 unspecified atom stereocenters. The number of benzene rings is 1. The lowest BCUT2D eigenvalue weighted by Crippen LogP contribution is -2.00. The van der Waals surface area contributed by atoms with E-state index in [9.17, 15) is 4.79 Å². The third kappa shape index (κ3) is 5.22. The molecule has 17 heavy (non-hydrogen) atoms. The van der Waals surface area contributed by atoms with E-state index in [-0.39, 0.29) is 5.78 Å². The molecule has 0 aliphatic carbocycles. The highest BCUT2D eigenvalue weighted by Gasteiger charge is 2.05. The summed E-state index contributed by atoms with van der Waals surface area (Å²) in [6.45, 7) is 4.40. The van der Waals surface area contributed by atoms with Crippen LogP contribution in [0.25, 0.3) is 0 Å². The van der Waals surface area contributed by atoms with Crippen molar-refractivity contribution in [1.29, 1.82) is 0 Å². The predicted octanol–water partition coefficient (Wildman–Crippen LogP) is 4.04. The summed E-state index contributed by atoms with van der Waals surface area (Å²) in [7, 11) is 0. The van der Waals surface area contributed by atoms with Crippen LogP contribution in [0.3, 0.4) is 0 Å². The van der Waals surface area contributed by atoms with E-state index in [1.165, 1.54) is 0 Å². The summed E-state index contributed by atoms with van der Waals surface area (Å²) in [4.78, 5) is 10.9. The molecule has 3 heteroatoms. The molecule has 0 aromatic heterocycles. The van der Waals surface area contributed by atoms with Gasteiger partial charge in [0.25, 0.3) is 0 Å². The lowest BCUT2D eigenvalue weighted by molar-refractivity contribution is -0.117. The van der Waals surface area contributed by atoms with Gasteiger partial charge in [-0.2, -0.15) is 0 Å². The number of ether oxygens (including phenoxy) is 1. The van der Waals surface area contributed by atoms with Gasteiger partial charge in [-0.25, -0.2) is 0 Å². The van der Waals surface area contributed by atoms with Crippen LogP contribution in [0.1, 0.15) is 38.7 Å². The van der Waals surface area contributed by atoms with Gasteiger partial charge in [-0.05, 0) is 49.9 Å². The van der Waals surface area contributed by atoms with Crippen LogP contribution in [0, 0.1) is 0 Å². The number of halogens is 1. The average molecular weight is 255 g/mol. The minimum Gasteiger partial charge on any atom is -0.493 e. The third-order valence-corrected chi connectivity index (χ3v) is 2.69. The molecule has 94 valence electrons. The molecule has 0 radical (unpaired) electrons. The molecule has 0 amide bonds. The fraction of sp³-hybridized carbons (Fsp3) is 0.500. The van der Waals surface area contributed by atoms with E-state index in [0.717, 1.165) is 30.6 Å². The van der Waals surface area contributed by atoms with E-state index in [1.807, 2.05) is 18.2 Å². The summed E-state index contributed by atoms with van der Waals surface area (Å²) in [5.41, 5.74) is 1.09. The highest BCUT2D eigenvalue weighted by atomic mass is 35.5. The molecular formula is C14H19ClO2. The zero-order valence-electron chi connectivity index (χ0n) is 10.5. The van der Waals surface area contributed by atoms with Crippen molar-refractivity contribution in [3.8, 4) is 5.75 Å². The van der Waals surface area contributed by atoms with Gasteiger partial charge in [0.05, 0.1) is 6.61 Å². The largest absolute Gasteiger partial charge is 0.493 e. The zero-order valence-corrected chi connectivity index (χ0v) is 11.2. The number of carbonyl (C=O) groups is 1. The maximum absolute atomic E-state index is 10.9. The van der Waals surface area contributed by atoms with E-state index in [0.29, 0.717) is 18.1 Å². The minimum atomic E-state index is 0.225. The molecular weight excluding hydrogens is 236 g/mol. The van der Waals surface area contributed by atoms with Crippen molar-refractivity contribution in [3.63, 3.8) is 0 Å². The molecule has 0 bridgehead atoms. The van der Waals surface area contributed by atoms with Gasteiger partial charge in [0.2, 0.25) is 0 Å². The van der Waals surface area contributed by atoms with Gasteiger partial charge in [0.1, 0.15) is 11.5 Å². The van der Waals surface area contributed by atoms with Crippen molar-refractivity contribution < 1.29 is 9.53 Å². The van der Waals surface area contributed by atoms with E-state index in [2.05, 4.69) is 6.92 Å². The molecule has 1 rings (SSSR count). The fourth-order valence-corrected chi connectivity index (χ4v) is 1.82. The van der Waals surface area contributed by atoms with Gasteiger partial charge < -0.3 is 9.53 Å². The van der Waals surface area contributed by atoms with Crippen LogP contribution in [-0.4, -0.2) is 12.4 Å². The Kier molecular flexibility index (Phi) is 6.06. The lowest BCUT2D eigenvalue weighted by Gasteiger charge is -2.11. The van der Waals surface area contributed by atoms with Crippen LogP contribution in [0.5, 0.6) is 5.75 Å². The second-order valence-corrected chi connectivity index (χ2v) is 4.59. The van der Waals surface area contributed by atoms with E-state index in [1.54, 1.807) is 6.92 Å². The first-order valence-electron chi connectivity index (χ1n) is 6.04. The molecule has 0 N–H and O–H groups in total. The molecule has 0 atom stereocenters. The standard InChI is InChI=1S/C14H19ClO2/c1-3-9-17-14-8-7-13(15)10-12(14)6-4-5-11(2)16/h7-8,10H,3-6,9H2,1-2H3. The Hall–Kier alpha value is -1.02. The summed E-state index contributed by atoms with van der Waals surface area (Å²) < 4.78 is 5.66. The Labute approximate surface area is 108 Å². The van der Waals surface area contributed by atoms with Crippen LogP contribution in [0.15, 0.2) is 18.2 Å². The van der Waals surface area contributed by atoms with Gasteiger partial charge in [0, 0.05) is 11.4 Å². The van der Waals surface area contributed by atoms with Gasteiger partial charge in [0.15, 0.2) is 0 Å². The Morgan fingerprint density at radius 1 is 1.41 bits per heavy atom. The molecule has 0 saturated carbocycles. The van der Waals surface area contributed by atoms with E-state index < -0.39 is 0 Å². The SMILES string of the molecule is CCCOc1ccc(Cl)cc1CCCC(C)=O. The summed E-state index contributed by atoms with van der Waals surface area (Å²) >= 11 is 5.97. The molecule has 0 fully saturated rings. The molecule has 0 aliphatic rings. The smallest absolute Gasteiger partial charge is 0.129 e. The van der Waals surface area contributed by atoms with Gasteiger partial charge in [-0.15, -0.1) is 0 Å². The van der Waals surface area contributed by atoms with Crippen molar-refractivity contribution in [2.45, 2.75) is 39.5 Å². The summed E-state index contributed by atoms with van der Waals surface area (Å²) in [6.07, 6.45) is 3.27. The van der Waals surface area contributed by atoms with Gasteiger partial charge in [-0.1, -0.05) is 18.5 Å². The molecule has 1 aromatic rings. The van der Waals surface area contributed by atoms with Gasteiger partial charge in [-0.3, -0.25) is 0 Å². The molecule has 0 heterocycles. The van der Waals surface area contributed by atoms with Crippen LogP contribution >= 0.6 is 11.6 Å². The topological polar surface area (TPSA) is 26.3 Å². The van der Waals surface area contributed by atoms with E-state index in [4.69, 9.17) is 16.3 Å². The summed E-state index contributed by atoms with van der Waals surface area (Å²) in [6, 6.07) is 5.66. The number of hydrogen-bond acceptors (Lipinski definition) is 2. The molecule has 0 spiro atoms. The summed E-state index contributed by atoms with van der Waals surface area (Å²) in [5.74, 6) is 1.11. The van der Waals surface area contributed by atoms with Crippen molar-refractivity contribution >= 4 is 17.4 Å². The van der Waals surface area contributed by atoms with Crippen molar-refractivity contribution in [1.82, 2.24) is 0 Å². The van der Waals surface area contributed by atoms with Crippen molar-refractivity contribution in [2.75, 3.05) is 6.61 Å². The molecule has 0 aliphatic heterocycles. The highest BCUT2D eigenvalue weighted by Crippen LogP contribution is 2.24. The Bertz CT molecular complexity index is 374. The normalized spacial score (nSPS) is 10.3. The number of ketones is 1. The third-order valence-electron chi connectivity index (χ3n) is 2.46. The quantitative estimate of drug-likeness (QED) is 0.734. The maximum Gasteiger partial charge on any atom is 0.129 e. The average Bonchev–Trinajstić information content (AvgIpc) is 2.27. The monoisotopic (exact) mass is 254 g/mol. The molecule has 0 saturated heterocycles. The van der Waals surface area contributed by atoms with E-state index >= 15 is 0 Å². The second kappa shape index (κ2) is 7.33. The zero-order chi connectivity index (χ0) is 12.7. The highest BCUT2D eigenvalue weighted by molar-refractivity contribution is 6.30. The van der Waals surface area contributed by atoms with Crippen molar-refractivity contribution in [3.05, 3.63) is 28.8 Å². The minimum absolute atomic E-state index is 0.225. The van der Waals surface area contributed by atoms with Crippen molar-refractivity contribution in [2.24, 2.45) is 0 Å². The number of Topliss-reactive ketones (excluding diaryl/α,β-unsaturated/α-hetero) is 1.